The van der Waals surface area contributed by atoms with Gasteiger partial charge in [-0.1, -0.05) is 47.0 Å². The van der Waals surface area contributed by atoms with Crippen molar-refractivity contribution in [3.63, 3.8) is 0 Å². The number of rotatable bonds is 5. The molecule has 0 saturated carbocycles. The molecule has 2 rings (SSSR count). The Bertz CT molecular complexity index is 475. The first kappa shape index (κ1) is 12.6. The van der Waals surface area contributed by atoms with E-state index in [1.54, 1.807) is 24.3 Å². The van der Waals surface area contributed by atoms with Gasteiger partial charge < -0.3 is 9.76 Å². The summed E-state index contributed by atoms with van der Waals surface area (Å²) < 4.78 is 17.3. The second-order valence-electron chi connectivity index (χ2n) is 3.78. The molecule has 3 nitrogen and oxygen atoms in total. The summed E-state index contributed by atoms with van der Waals surface area (Å²) in [4.78, 5) is 3.32. The quantitative estimate of drug-likeness (QED) is 0.818. The van der Waals surface area contributed by atoms with Gasteiger partial charge >= 0.3 is 7.12 Å². The zero-order chi connectivity index (χ0) is 12.8. The van der Waals surface area contributed by atoms with Gasteiger partial charge in [0.15, 0.2) is 0 Å². The number of hydrogen-bond acceptors (Lipinski definition) is 3. The first-order valence-corrected chi connectivity index (χ1v) is 5.52. The molecule has 5 heteroatoms. The van der Waals surface area contributed by atoms with Gasteiger partial charge in [0, 0.05) is 0 Å². The van der Waals surface area contributed by atoms with Gasteiger partial charge in [0.1, 0.15) is 12.4 Å². The zero-order valence-corrected chi connectivity index (χ0v) is 9.62. The van der Waals surface area contributed by atoms with Crippen molar-refractivity contribution in [1.29, 1.82) is 0 Å². The molecule has 2 aromatic rings. The van der Waals surface area contributed by atoms with E-state index in [4.69, 9.17) is 9.76 Å². The van der Waals surface area contributed by atoms with Crippen molar-refractivity contribution in [3.8, 4) is 5.75 Å². The molecule has 0 unspecified atom stereocenters. The first-order valence-electron chi connectivity index (χ1n) is 5.52. The predicted octanol–water partition coefficient (Wildman–Crippen LogP) is 1.85. The molecule has 0 atom stereocenters. The van der Waals surface area contributed by atoms with Crippen LogP contribution in [0.3, 0.4) is 0 Å². The Kier molecular flexibility index (Phi) is 4.33. The van der Waals surface area contributed by atoms with E-state index in [0.717, 1.165) is 5.56 Å². The van der Waals surface area contributed by atoms with E-state index < -0.39 is 7.12 Å². The molecule has 92 valence electrons. The fraction of sp³-hybridized carbons (Fsp3) is 0.0769. The fourth-order valence-corrected chi connectivity index (χ4v) is 1.52. The highest BCUT2D eigenvalue weighted by molar-refractivity contribution is 6.59. The van der Waals surface area contributed by atoms with Crippen molar-refractivity contribution in [1.82, 2.24) is 0 Å². The lowest BCUT2D eigenvalue weighted by molar-refractivity contribution is -0.0267. The van der Waals surface area contributed by atoms with Crippen LogP contribution in [0.25, 0.3) is 0 Å². The third kappa shape index (κ3) is 3.32. The Labute approximate surface area is 105 Å². The van der Waals surface area contributed by atoms with E-state index in [1.807, 2.05) is 30.3 Å². The van der Waals surface area contributed by atoms with Gasteiger partial charge in [-0.2, -0.15) is 0 Å². The predicted molar refractivity (Wildman–Crippen MR) is 67.0 cm³/mol. The molecular formula is C13H12BFO3. The summed E-state index contributed by atoms with van der Waals surface area (Å²) >= 11 is 0. The fourth-order valence-electron chi connectivity index (χ4n) is 1.52. The van der Waals surface area contributed by atoms with E-state index in [2.05, 4.69) is 4.86 Å². The van der Waals surface area contributed by atoms with Gasteiger partial charge in [-0.05, 0) is 23.2 Å². The van der Waals surface area contributed by atoms with Crippen LogP contribution >= 0.6 is 0 Å². The van der Waals surface area contributed by atoms with E-state index in [1.165, 1.54) is 0 Å². The lowest BCUT2D eigenvalue weighted by Gasteiger charge is -2.07. The molecule has 0 fully saturated rings. The lowest BCUT2D eigenvalue weighted by atomic mass is 9.80. The zero-order valence-electron chi connectivity index (χ0n) is 9.62. The third-order valence-corrected chi connectivity index (χ3v) is 2.50. The van der Waals surface area contributed by atoms with E-state index in [-0.39, 0.29) is 0 Å². The van der Waals surface area contributed by atoms with Gasteiger partial charge in [-0.15, -0.1) is 0 Å². The van der Waals surface area contributed by atoms with E-state index in [0.29, 0.717) is 17.8 Å². The number of benzene rings is 2. The van der Waals surface area contributed by atoms with Crippen LogP contribution in [0.1, 0.15) is 5.56 Å². The maximum Gasteiger partial charge on any atom is 0.529 e. The molecular weight excluding hydrogens is 234 g/mol. The van der Waals surface area contributed by atoms with E-state index in [9.17, 15) is 4.53 Å². The number of halogens is 1. The molecule has 0 aromatic heterocycles. The van der Waals surface area contributed by atoms with Crippen molar-refractivity contribution < 1.29 is 19.1 Å². The van der Waals surface area contributed by atoms with Crippen molar-refractivity contribution >= 4 is 12.6 Å². The van der Waals surface area contributed by atoms with Crippen LogP contribution in [0, 0.1) is 0 Å². The Morgan fingerprint density at radius 1 is 1.00 bits per heavy atom. The van der Waals surface area contributed by atoms with Crippen LogP contribution in [0.15, 0.2) is 54.6 Å². The van der Waals surface area contributed by atoms with Gasteiger partial charge in [-0.3, -0.25) is 0 Å². The van der Waals surface area contributed by atoms with Crippen molar-refractivity contribution in [3.05, 3.63) is 60.2 Å². The largest absolute Gasteiger partial charge is 0.529 e. The first-order chi connectivity index (χ1) is 8.79. The van der Waals surface area contributed by atoms with Crippen molar-refractivity contribution in [2.75, 3.05) is 0 Å². The van der Waals surface area contributed by atoms with E-state index >= 15 is 0 Å². The molecule has 0 spiro atoms. The summed E-state index contributed by atoms with van der Waals surface area (Å²) in [6.07, 6.45) is 0. The van der Waals surface area contributed by atoms with Crippen LogP contribution in [-0.4, -0.2) is 12.1 Å². The molecule has 1 N–H and O–H groups in total. The summed E-state index contributed by atoms with van der Waals surface area (Å²) in [5.41, 5.74) is 1.40. The molecule has 0 aliphatic heterocycles. The maximum atomic E-state index is 11.8. The SMILES string of the molecule is OB(OF)c1ccc(OCc2ccccc2)cc1. The van der Waals surface area contributed by atoms with Crippen molar-refractivity contribution in [2.24, 2.45) is 0 Å². The topological polar surface area (TPSA) is 38.7 Å². The van der Waals surface area contributed by atoms with Crippen LogP contribution in [0.5, 0.6) is 5.75 Å². The Balaban J connectivity index is 1.94. The summed E-state index contributed by atoms with van der Waals surface area (Å²) in [6.45, 7) is 0.461. The Morgan fingerprint density at radius 2 is 1.67 bits per heavy atom. The van der Waals surface area contributed by atoms with Crippen LogP contribution in [0.2, 0.25) is 0 Å². The average molecular weight is 246 g/mol. The Morgan fingerprint density at radius 3 is 2.28 bits per heavy atom. The summed E-state index contributed by atoms with van der Waals surface area (Å²) in [7, 11) is -1.55. The molecule has 0 amide bonds. The minimum atomic E-state index is -1.55. The molecule has 0 heterocycles. The average Bonchev–Trinajstić information content (AvgIpc) is 2.46. The number of ether oxygens (including phenoxy) is 1. The molecule has 0 saturated heterocycles. The van der Waals surface area contributed by atoms with Gasteiger partial charge in [0.25, 0.3) is 0 Å². The molecule has 18 heavy (non-hydrogen) atoms. The minimum absolute atomic E-state index is 0.338. The van der Waals surface area contributed by atoms with Crippen LogP contribution in [0.4, 0.5) is 4.53 Å². The molecule has 0 bridgehead atoms. The summed E-state index contributed by atoms with van der Waals surface area (Å²) in [6, 6.07) is 16.2. The second-order valence-corrected chi connectivity index (χ2v) is 3.78. The highest BCUT2D eigenvalue weighted by atomic mass is 19.3. The molecule has 2 aromatic carbocycles. The molecule has 0 aliphatic carbocycles. The van der Waals surface area contributed by atoms with Crippen LogP contribution < -0.4 is 10.2 Å². The summed E-state index contributed by atoms with van der Waals surface area (Å²) in [5.74, 6) is 0.647. The highest BCUT2D eigenvalue weighted by Gasteiger charge is 2.16. The second kappa shape index (κ2) is 6.19. The van der Waals surface area contributed by atoms with Gasteiger partial charge in [0.05, 0.1) is 0 Å². The molecule has 0 radical (unpaired) electrons. The lowest BCUT2D eigenvalue weighted by Crippen LogP contribution is -2.30. The number of hydrogen-bond donors (Lipinski definition) is 1. The van der Waals surface area contributed by atoms with Crippen molar-refractivity contribution in [2.45, 2.75) is 6.61 Å². The highest BCUT2D eigenvalue weighted by Crippen LogP contribution is 2.11. The van der Waals surface area contributed by atoms with Gasteiger partial charge in [0.2, 0.25) is 0 Å². The summed E-state index contributed by atoms with van der Waals surface area (Å²) in [5, 5.41) is 9.09. The standard InChI is InChI=1S/C13H12BFO3/c15-18-14(16)12-6-8-13(9-7-12)17-10-11-4-2-1-3-5-11/h1-9,16H,10H2. The van der Waals surface area contributed by atoms with Crippen LogP contribution in [-0.2, 0) is 11.5 Å². The third-order valence-electron chi connectivity index (χ3n) is 2.50. The molecule has 0 aliphatic rings. The Hall–Kier alpha value is -1.85. The smallest absolute Gasteiger partial charge is 0.489 e. The minimum Gasteiger partial charge on any atom is -0.489 e. The maximum absolute atomic E-state index is 11.8. The normalized spacial score (nSPS) is 10.1. The monoisotopic (exact) mass is 246 g/mol. The van der Waals surface area contributed by atoms with Gasteiger partial charge in [-0.25, -0.2) is 4.86 Å².